The van der Waals surface area contributed by atoms with Gasteiger partial charge in [0.05, 0.1) is 12.7 Å². The molecule has 0 N–H and O–H groups in total. The van der Waals surface area contributed by atoms with Crippen LogP contribution >= 0.6 is 38.5 Å². The summed E-state index contributed by atoms with van der Waals surface area (Å²) in [7, 11) is 0. The zero-order chi connectivity index (χ0) is 12.8. The SMILES string of the molecule is Brc1ccc(COC(CI)c2ccccc2)cc1. The molecule has 1 unspecified atom stereocenters. The first-order valence-electron chi connectivity index (χ1n) is 5.76. The van der Waals surface area contributed by atoms with Crippen LogP contribution in [0.3, 0.4) is 0 Å². The maximum absolute atomic E-state index is 5.98. The lowest BCUT2D eigenvalue weighted by molar-refractivity contribution is 0.0577. The highest BCUT2D eigenvalue weighted by molar-refractivity contribution is 14.1. The van der Waals surface area contributed by atoms with Crippen LogP contribution < -0.4 is 0 Å². The molecule has 94 valence electrons. The highest BCUT2D eigenvalue weighted by atomic mass is 127. The highest BCUT2D eigenvalue weighted by Crippen LogP contribution is 2.21. The molecule has 0 fully saturated rings. The Hall–Kier alpha value is -0.390. The molecule has 0 aliphatic rings. The van der Waals surface area contributed by atoms with Crippen molar-refractivity contribution in [3.8, 4) is 0 Å². The summed E-state index contributed by atoms with van der Waals surface area (Å²) < 4.78 is 8.03. The molecule has 0 heterocycles. The van der Waals surface area contributed by atoms with Gasteiger partial charge in [-0.15, -0.1) is 0 Å². The second-order valence-electron chi connectivity index (χ2n) is 3.99. The van der Waals surface area contributed by atoms with Crippen LogP contribution in [-0.4, -0.2) is 4.43 Å². The number of hydrogen-bond donors (Lipinski definition) is 0. The van der Waals surface area contributed by atoms with Crippen molar-refractivity contribution < 1.29 is 4.74 Å². The molecule has 2 rings (SSSR count). The second kappa shape index (κ2) is 7.26. The van der Waals surface area contributed by atoms with E-state index in [1.54, 1.807) is 0 Å². The molecule has 2 aromatic rings. The molecule has 0 bridgehead atoms. The minimum Gasteiger partial charge on any atom is -0.368 e. The van der Waals surface area contributed by atoms with E-state index in [9.17, 15) is 0 Å². The molecular weight excluding hydrogens is 403 g/mol. The van der Waals surface area contributed by atoms with E-state index in [4.69, 9.17) is 4.74 Å². The van der Waals surface area contributed by atoms with Crippen LogP contribution in [0, 0.1) is 0 Å². The van der Waals surface area contributed by atoms with Gasteiger partial charge in [0.2, 0.25) is 0 Å². The zero-order valence-corrected chi connectivity index (χ0v) is 13.6. The van der Waals surface area contributed by atoms with E-state index < -0.39 is 0 Å². The van der Waals surface area contributed by atoms with Gasteiger partial charge in [0.1, 0.15) is 0 Å². The van der Waals surface area contributed by atoms with Crippen molar-refractivity contribution in [1.82, 2.24) is 0 Å². The van der Waals surface area contributed by atoms with Crippen molar-refractivity contribution in [3.63, 3.8) is 0 Å². The Morgan fingerprint density at radius 1 is 1.00 bits per heavy atom. The van der Waals surface area contributed by atoms with Crippen molar-refractivity contribution in [2.24, 2.45) is 0 Å². The average Bonchev–Trinajstić information content (AvgIpc) is 2.43. The molecule has 2 aromatic carbocycles. The summed E-state index contributed by atoms with van der Waals surface area (Å²) in [6.45, 7) is 0.649. The minimum atomic E-state index is 0.162. The van der Waals surface area contributed by atoms with E-state index >= 15 is 0 Å². The molecule has 0 saturated carbocycles. The van der Waals surface area contributed by atoms with Crippen LogP contribution in [0.25, 0.3) is 0 Å². The number of alkyl halides is 1. The third-order valence-corrected chi connectivity index (χ3v) is 4.00. The fourth-order valence-electron chi connectivity index (χ4n) is 1.67. The summed E-state index contributed by atoms with van der Waals surface area (Å²) in [5.74, 6) is 0. The van der Waals surface area contributed by atoms with Gasteiger partial charge in [-0.25, -0.2) is 0 Å². The third-order valence-electron chi connectivity index (χ3n) is 2.68. The average molecular weight is 417 g/mol. The summed E-state index contributed by atoms with van der Waals surface area (Å²) in [4.78, 5) is 0. The molecule has 1 atom stereocenters. The molecular formula is C15H14BrIO. The van der Waals surface area contributed by atoms with E-state index in [2.05, 4.69) is 74.9 Å². The Labute approximate surface area is 130 Å². The first kappa shape index (κ1) is 14.0. The second-order valence-corrected chi connectivity index (χ2v) is 5.79. The van der Waals surface area contributed by atoms with Gasteiger partial charge in [0.15, 0.2) is 0 Å². The Morgan fingerprint density at radius 3 is 2.28 bits per heavy atom. The predicted molar refractivity (Wildman–Crippen MR) is 87.0 cm³/mol. The standard InChI is InChI=1S/C15H14BrIO/c16-14-8-6-12(7-9-14)11-18-15(10-17)13-4-2-1-3-5-13/h1-9,15H,10-11H2. The number of halogens is 2. The normalized spacial score (nSPS) is 12.3. The monoisotopic (exact) mass is 416 g/mol. The molecule has 0 aliphatic heterocycles. The summed E-state index contributed by atoms with van der Waals surface area (Å²) >= 11 is 5.80. The van der Waals surface area contributed by atoms with Crippen LogP contribution in [-0.2, 0) is 11.3 Å². The Morgan fingerprint density at radius 2 is 1.67 bits per heavy atom. The van der Waals surface area contributed by atoms with E-state index in [0.717, 1.165) is 8.90 Å². The van der Waals surface area contributed by atoms with Gasteiger partial charge in [0, 0.05) is 8.90 Å². The van der Waals surface area contributed by atoms with Crippen molar-refractivity contribution >= 4 is 38.5 Å². The lowest BCUT2D eigenvalue weighted by atomic mass is 10.1. The van der Waals surface area contributed by atoms with Gasteiger partial charge in [-0.3, -0.25) is 0 Å². The van der Waals surface area contributed by atoms with Crippen LogP contribution in [0.15, 0.2) is 59.1 Å². The van der Waals surface area contributed by atoms with Gasteiger partial charge in [-0.1, -0.05) is 81.0 Å². The van der Waals surface area contributed by atoms with Crippen LogP contribution in [0.2, 0.25) is 0 Å². The number of hydrogen-bond acceptors (Lipinski definition) is 1. The molecule has 18 heavy (non-hydrogen) atoms. The molecule has 0 radical (unpaired) electrons. The van der Waals surface area contributed by atoms with Crippen molar-refractivity contribution in [2.75, 3.05) is 4.43 Å². The first-order valence-corrected chi connectivity index (χ1v) is 8.08. The summed E-state index contributed by atoms with van der Waals surface area (Å²) in [6.07, 6.45) is 0.162. The Balaban J connectivity index is 1.97. The maximum atomic E-state index is 5.98. The first-order chi connectivity index (χ1) is 8.79. The number of rotatable bonds is 5. The highest BCUT2D eigenvalue weighted by Gasteiger charge is 2.09. The van der Waals surface area contributed by atoms with Crippen LogP contribution in [0.5, 0.6) is 0 Å². The van der Waals surface area contributed by atoms with Crippen LogP contribution in [0.4, 0.5) is 0 Å². The largest absolute Gasteiger partial charge is 0.368 e. The van der Waals surface area contributed by atoms with Gasteiger partial charge >= 0.3 is 0 Å². The molecule has 0 spiro atoms. The van der Waals surface area contributed by atoms with Gasteiger partial charge in [-0.05, 0) is 23.3 Å². The molecule has 0 aromatic heterocycles. The topological polar surface area (TPSA) is 9.23 Å². The minimum absolute atomic E-state index is 0.162. The number of benzene rings is 2. The third kappa shape index (κ3) is 4.07. The van der Waals surface area contributed by atoms with Crippen LogP contribution in [0.1, 0.15) is 17.2 Å². The number of ether oxygens (including phenoxy) is 1. The molecule has 0 aliphatic carbocycles. The quantitative estimate of drug-likeness (QED) is 0.484. The van der Waals surface area contributed by atoms with E-state index in [1.165, 1.54) is 11.1 Å². The van der Waals surface area contributed by atoms with Crippen molar-refractivity contribution in [2.45, 2.75) is 12.7 Å². The molecule has 3 heteroatoms. The lowest BCUT2D eigenvalue weighted by Gasteiger charge is -2.15. The lowest BCUT2D eigenvalue weighted by Crippen LogP contribution is -2.05. The molecule has 1 nitrogen and oxygen atoms in total. The summed E-state index contributed by atoms with van der Waals surface area (Å²) in [6, 6.07) is 18.6. The van der Waals surface area contributed by atoms with E-state index in [1.807, 2.05) is 18.2 Å². The van der Waals surface area contributed by atoms with E-state index in [0.29, 0.717) is 6.61 Å². The maximum Gasteiger partial charge on any atom is 0.0918 e. The van der Waals surface area contributed by atoms with Gasteiger partial charge in [-0.2, -0.15) is 0 Å². The van der Waals surface area contributed by atoms with Gasteiger partial charge < -0.3 is 4.74 Å². The van der Waals surface area contributed by atoms with Gasteiger partial charge in [0.25, 0.3) is 0 Å². The van der Waals surface area contributed by atoms with E-state index in [-0.39, 0.29) is 6.10 Å². The van der Waals surface area contributed by atoms with Crippen molar-refractivity contribution in [3.05, 3.63) is 70.2 Å². The zero-order valence-electron chi connectivity index (χ0n) is 9.85. The summed E-state index contributed by atoms with van der Waals surface area (Å²) in [5.41, 5.74) is 2.44. The Bertz CT molecular complexity index is 470. The predicted octanol–water partition coefficient (Wildman–Crippen LogP) is 5.14. The van der Waals surface area contributed by atoms with Crippen molar-refractivity contribution in [1.29, 1.82) is 0 Å². The fraction of sp³-hybridized carbons (Fsp3) is 0.200. The Kier molecular flexibility index (Phi) is 5.66. The molecule has 0 saturated heterocycles. The fourth-order valence-corrected chi connectivity index (χ4v) is 2.70. The molecule has 0 amide bonds. The smallest absolute Gasteiger partial charge is 0.0918 e. The summed E-state index contributed by atoms with van der Waals surface area (Å²) in [5, 5.41) is 0.